The van der Waals surface area contributed by atoms with Gasteiger partial charge in [-0.2, -0.15) is 13.2 Å². The lowest BCUT2D eigenvalue weighted by atomic mass is 10.0. The Hall–Kier alpha value is -4.93. The van der Waals surface area contributed by atoms with Gasteiger partial charge in [0.2, 0.25) is 0 Å². The number of benzene rings is 3. The molecule has 0 aliphatic rings. The summed E-state index contributed by atoms with van der Waals surface area (Å²) >= 11 is 0.510. The van der Waals surface area contributed by atoms with Gasteiger partial charge in [-0.3, -0.25) is 14.0 Å². The second-order valence-corrected chi connectivity index (χ2v) is 11.3. The molecule has 6 nitrogen and oxygen atoms in total. The van der Waals surface area contributed by atoms with Crippen LogP contribution < -0.4 is 15.2 Å². The molecule has 228 valence electrons. The summed E-state index contributed by atoms with van der Waals surface area (Å²) in [6, 6.07) is 29.5. The van der Waals surface area contributed by atoms with Crippen molar-refractivity contribution in [3.63, 3.8) is 0 Å². The number of ether oxygens (including phenoxy) is 2. The lowest BCUT2D eigenvalue weighted by Gasteiger charge is -2.24. The van der Waals surface area contributed by atoms with E-state index in [1.165, 1.54) is 34.7 Å². The number of aromatic nitrogens is 1. The van der Waals surface area contributed by atoms with Crippen molar-refractivity contribution in [2.24, 2.45) is 0 Å². The Labute approximate surface area is 260 Å². The molecule has 0 atom stereocenters. The number of carbonyl (C=O) groups excluding carboxylic acids is 1. The highest BCUT2D eigenvalue weighted by Crippen LogP contribution is 2.40. The fourth-order valence-electron chi connectivity index (χ4n) is 5.14. The van der Waals surface area contributed by atoms with E-state index in [-0.39, 0.29) is 39.9 Å². The van der Waals surface area contributed by atoms with Gasteiger partial charge < -0.3 is 14.4 Å². The average Bonchev–Trinajstić information content (AvgIpc) is 3.51. The lowest BCUT2D eigenvalue weighted by molar-refractivity contribution is -0.134. The van der Waals surface area contributed by atoms with Gasteiger partial charge in [0.15, 0.2) is 0 Å². The number of rotatable bonds is 9. The largest absolute Gasteiger partial charge is 0.489 e. The van der Waals surface area contributed by atoms with Gasteiger partial charge in [-0.05, 0) is 59.0 Å². The first-order valence-electron chi connectivity index (χ1n) is 14.1. The second kappa shape index (κ2) is 12.6. The van der Waals surface area contributed by atoms with Crippen LogP contribution in [0, 0.1) is 0 Å². The minimum atomic E-state index is -4.58. The molecule has 6 aromatic rings. The van der Waals surface area contributed by atoms with E-state index >= 15 is 0 Å². The first-order valence-corrected chi connectivity index (χ1v) is 14.9. The maximum atomic E-state index is 14.4. The zero-order valence-electron chi connectivity index (χ0n) is 24.1. The molecule has 0 bridgehead atoms. The van der Waals surface area contributed by atoms with Gasteiger partial charge in [0, 0.05) is 31.1 Å². The predicted molar refractivity (Wildman–Crippen MR) is 170 cm³/mol. The molecular weight excluding hydrogens is 601 g/mol. The molecule has 6 rings (SSSR count). The van der Waals surface area contributed by atoms with E-state index in [9.17, 15) is 22.8 Å². The van der Waals surface area contributed by atoms with Gasteiger partial charge in [-0.1, -0.05) is 60.7 Å². The summed E-state index contributed by atoms with van der Waals surface area (Å²) < 4.78 is 53.9. The van der Waals surface area contributed by atoms with Gasteiger partial charge in [0.1, 0.15) is 17.2 Å². The molecule has 45 heavy (non-hydrogen) atoms. The van der Waals surface area contributed by atoms with Crippen LogP contribution in [-0.4, -0.2) is 30.6 Å². The molecule has 3 aromatic heterocycles. The third-order valence-electron chi connectivity index (χ3n) is 7.37. The van der Waals surface area contributed by atoms with Gasteiger partial charge in [-0.25, -0.2) is 0 Å². The van der Waals surface area contributed by atoms with Crippen LogP contribution in [0.3, 0.4) is 0 Å². The highest BCUT2D eigenvalue weighted by atomic mass is 32.1. The van der Waals surface area contributed by atoms with Gasteiger partial charge in [0.25, 0.3) is 11.5 Å². The summed E-state index contributed by atoms with van der Waals surface area (Å²) in [4.78, 5) is 29.0. The minimum Gasteiger partial charge on any atom is -0.489 e. The van der Waals surface area contributed by atoms with E-state index in [2.05, 4.69) is 0 Å². The molecule has 0 saturated heterocycles. The fraction of sp³-hybridized carbons (Fsp3) is 0.143. The van der Waals surface area contributed by atoms with Crippen molar-refractivity contribution in [2.45, 2.75) is 12.8 Å². The van der Waals surface area contributed by atoms with Crippen molar-refractivity contribution < 1.29 is 27.4 Å². The smallest absolute Gasteiger partial charge is 0.425 e. The Morgan fingerprint density at radius 1 is 0.911 bits per heavy atom. The van der Waals surface area contributed by atoms with Crippen LogP contribution in [0.25, 0.3) is 26.7 Å². The minimum absolute atomic E-state index is 0.0927. The highest BCUT2D eigenvalue weighted by Gasteiger charge is 2.34. The number of para-hydroxylation sites is 1. The number of thiophene rings is 1. The van der Waals surface area contributed by atoms with E-state index < -0.39 is 22.5 Å². The van der Waals surface area contributed by atoms with Crippen LogP contribution >= 0.6 is 11.3 Å². The normalized spacial score (nSPS) is 11.6. The standard InChI is InChI=1S/C35H27F3N2O4S/c1-43-19-18-39(26-10-6-3-7-11-26)34(42)29-21-28(24-12-14-27(15-13-24)44-22-23-8-4-2-5-9-23)33(41)40-17-16-25-20-30(35(36,37)38)45-32(25)31(29)40/h2-17,20-21H,18-19,22H2,1H3. The third kappa shape index (κ3) is 6.20. The van der Waals surface area contributed by atoms with Crippen molar-refractivity contribution in [3.8, 4) is 16.9 Å². The molecular formula is C35H27F3N2O4S. The second-order valence-electron chi connectivity index (χ2n) is 10.3. The van der Waals surface area contributed by atoms with E-state index in [0.717, 1.165) is 11.6 Å². The Morgan fingerprint density at radius 3 is 2.27 bits per heavy atom. The van der Waals surface area contributed by atoms with Crippen LogP contribution in [0.2, 0.25) is 0 Å². The Morgan fingerprint density at radius 2 is 1.60 bits per heavy atom. The molecule has 0 fully saturated rings. The number of alkyl halides is 3. The molecule has 0 N–H and O–H groups in total. The zero-order chi connectivity index (χ0) is 31.6. The van der Waals surface area contributed by atoms with Gasteiger partial charge in [-0.15, -0.1) is 11.3 Å². The van der Waals surface area contributed by atoms with Gasteiger partial charge >= 0.3 is 6.18 Å². The van der Waals surface area contributed by atoms with Crippen molar-refractivity contribution >= 4 is 38.5 Å². The molecule has 0 spiro atoms. The van der Waals surface area contributed by atoms with Crippen LogP contribution in [0.5, 0.6) is 5.75 Å². The highest BCUT2D eigenvalue weighted by molar-refractivity contribution is 7.20. The molecule has 0 aliphatic heterocycles. The molecule has 0 unspecified atom stereocenters. The van der Waals surface area contributed by atoms with E-state index in [1.807, 2.05) is 36.4 Å². The third-order valence-corrected chi connectivity index (χ3v) is 8.57. The van der Waals surface area contributed by atoms with Crippen LogP contribution in [0.4, 0.5) is 18.9 Å². The Kier molecular flexibility index (Phi) is 8.42. The number of anilines is 1. The quantitative estimate of drug-likeness (QED) is 0.163. The lowest BCUT2D eigenvalue weighted by Crippen LogP contribution is -2.35. The molecule has 10 heteroatoms. The predicted octanol–water partition coefficient (Wildman–Crippen LogP) is 8.07. The Bertz CT molecular complexity index is 2020. The fourth-order valence-corrected chi connectivity index (χ4v) is 6.21. The SMILES string of the molecule is COCCN(C(=O)c1cc(-c2ccc(OCc3ccccc3)cc2)c(=O)n2ccc3cc(C(F)(F)F)sc3c12)c1ccccc1. The van der Waals surface area contributed by atoms with Crippen molar-refractivity contribution in [2.75, 3.05) is 25.2 Å². The van der Waals surface area contributed by atoms with Crippen molar-refractivity contribution in [3.05, 3.63) is 136 Å². The van der Waals surface area contributed by atoms with Crippen LogP contribution in [-0.2, 0) is 17.5 Å². The summed E-state index contributed by atoms with van der Waals surface area (Å²) in [6.07, 6.45) is -3.16. The van der Waals surface area contributed by atoms with E-state index in [0.29, 0.717) is 34.9 Å². The summed E-state index contributed by atoms with van der Waals surface area (Å²) in [5.74, 6) is 0.115. The molecule has 0 aliphatic carbocycles. The number of hydrogen-bond donors (Lipinski definition) is 0. The topological polar surface area (TPSA) is 60.2 Å². The number of hydrogen-bond acceptors (Lipinski definition) is 5. The van der Waals surface area contributed by atoms with Crippen LogP contribution in [0.15, 0.2) is 114 Å². The number of carbonyl (C=O) groups is 1. The first-order chi connectivity index (χ1) is 21.7. The van der Waals surface area contributed by atoms with Crippen molar-refractivity contribution in [1.29, 1.82) is 0 Å². The summed E-state index contributed by atoms with van der Waals surface area (Å²) in [5, 5.41) is 0.289. The zero-order valence-corrected chi connectivity index (χ0v) is 24.9. The summed E-state index contributed by atoms with van der Waals surface area (Å²) in [7, 11) is 1.52. The molecule has 1 amide bonds. The van der Waals surface area contributed by atoms with Crippen molar-refractivity contribution in [1.82, 2.24) is 4.40 Å². The number of amides is 1. The number of pyridine rings is 2. The maximum Gasteiger partial charge on any atom is 0.425 e. The molecule has 3 heterocycles. The number of methoxy groups -OCH3 is 1. The maximum absolute atomic E-state index is 14.4. The average molecular weight is 629 g/mol. The number of fused-ring (bicyclic) bond motifs is 3. The summed E-state index contributed by atoms with van der Waals surface area (Å²) in [6.45, 7) is 0.766. The number of nitrogens with zero attached hydrogens (tertiary/aromatic N) is 2. The molecule has 3 aromatic carbocycles. The Balaban J connectivity index is 1.50. The van der Waals surface area contributed by atoms with Crippen LogP contribution in [0.1, 0.15) is 20.8 Å². The summed E-state index contributed by atoms with van der Waals surface area (Å²) in [5.41, 5.74) is 2.08. The molecule has 0 saturated carbocycles. The monoisotopic (exact) mass is 628 g/mol. The molecule has 0 radical (unpaired) electrons. The number of halogens is 3. The van der Waals surface area contributed by atoms with E-state index in [4.69, 9.17) is 9.47 Å². The first kappa shape index (κ1) is 30.1. The van der Waals surface area contributed by atoms with E-state index in [1.54, 1.807) is 48.5 Å². The van der Waals surface area contributed by atoms with Gasteiger partial charge in [0.05, 0.1) is 22.4 Å².